The standard InChI is InChI=1S/C27H20BrClN2O7S/c1-35-22-9-15(8-18(28)25(22)36-13-16-4-2-3-5-19(16)29)10-23-26(33)31(27(34)39-23)12-24(32)30-17-6-7-20-21(11-17)38-14-37-20/h2-11H,12-14H2,1H3,(H,30,32)/b23-10+. The fraction of sp³-hybridized carbons (Fsp3) is 0.148. The van der Waals surface area contributed by atoms with E-state index in [4.69, 9.17) is 30.5 Å². The predicted octanol–water partition coefficient (Wildman–Crippen LogP) is 6.09. The molecule has 1 N–H and O–H groups in total. The van der Waals surface area contributed by atoms with E-state index in [9.17, 15) is 14.4 Å². The topological polar surface area (TPSA) is 103 Å². The molecular formula is C27H20BrClN2O7S. The van der Waals surface area contributed by atoms with Gasteiger partial charge in [-0.25, -0.2) is 0 Å². The van der Waals surface area contributed by atoms with Crippen LogP contribution in [0.1, 0.15) is 11.1 Å². The molecule has 0 unspecified atom stereocenters. The molecule has 0 aromatic heterocycles. The van der Waals surface area contributed by atoms with Gasteiger partial charge in [-0.1, -0.05) is 29.8 Å². The molecule has 3 aromatic rings. The fourth-order valence-electron chi connectivity index (χ4n) is 3.83. The third kappa shape index (κ3) is 6.00. The van der Waals surface area contributed by atoms with E-state index in [1.807, 2.05) is 18.2 Å². The summed E-state index contributed by atoms with van der Waals surface area (Å²) in [6, 6.07) is 15.7. The number of methoxy groups -OCH3 is 1. The highest BCUT2D eigenvalue weighted by Crippen LogP contribution is 2.40. The van der Waals surface area contributed by atoms with Gasteiger partial charge in [0.05, 0.1) is 16.5 Å². The number of hydrogen-bond acceptors (Lipinski definition) is 8. The Kier molecular flexibility index (Phi) is 8.01. The van der Waals surface area contributed by atoms with Crippen LogP contribution in [0.2, 0.25) is 5.02 Å². The first kappa shape index (κ1) is 26.9. The molecule has 2 heterocycles. The molecule has 0 radical (unpaired) electrons. The summed E-state index contributed by atoms with van der Waals surface area (Å²) in [5.74, 6) is 0.867. The minimum atomic E-state index is -0.569. The van der Waals surface area contributed by atoms with Gasteiger partial charge in [-0.2, -0.15) is 0 Å². The van der Waals surface area contributed by atoms with Crippen LogP contribution in [-0.4, -0.2) is 42.4 Å². The number of thioether (sulfide) groups is 1. The molecule has 2 aliphatic rings. The Labute approximate surface area is 241 Å². The zero-order valence-corrected chi connectivity index (χ0v) is 23.5. The van der Waals surface area contributed by atoms with Crippen LogP contribution < -0.4 is 24.3 Å². The lowest BCUT2D eigenvalue weighted by Gasteiger charge is -2.14. The van der Waals surface area contributed by atoms with Crippen LogP contribution in [0.5, 0.6) is 23.0 Å². The van der Waals surface area contributed by atoms with Crippen molar-refractivity contribution in [3.63, 3.8) is 0 Å². The van der Waals surface area contributed by atoms with E-state index in [1.54, 1.807) is 42.5 Å². The van der Waals surface area contributed by atoms with E-state index in [2.05, 4.69) is 21.2 Å². The molecule has 12 heteroatoms. The minimum absolute atomic E-state index is 0.108. The van der Waals surface area contributed by atoms with E-state index in [-0.39, 0.29) is 18.3 Å². The van der Waals surface area contributed by atoms with Gasteiger partial charge in [-0.15, -0.1) is 0 Å². The second kappa shape index (κ2) is 11.6. The summed E-state index contributed by atoms with van der Waals surface area (Å²) in [4.78, 5) is 39.2. The van der Waals surface area contributed by atoms with Gasteiger partial charge < -0.3 is 24.3 Å². The Hall–Kier alpha value is -3.67. The van der Waals surface area contributed by atoms with Crippen LogP contribution in [0.3, 0.4) is 0 Å². The van der Waals surface area contributed by atoms with Crippen molar-refractivity contribution >= 4 is 68.1 Å². The highest BCUT2D eigenvalue weighted by atomic mass is 79.9. The Bertz CT molecular complexity index is 1510. The summed E-state index contributed by atoms with van der Waals surface area (Å²) in [5, 5.41) is 2.71. The number of imide groups is 1. The Morgan fingerprint density at radius 3 is 2.74 bits per heavy atom. The molecule has 0 bridgehead atoms. The maximum absolute atomic E-state index is 13.0. The van der Waals surface area contributed by atoms with E-state index in [1.165, 1.54) is 7.11 Å². The molecule has 1 fully saturated rings. The molecule has 0 aliphatic carbocycles. The Morgan fingerprint density at radius 2 is 1.95 bits per heavy atom. The normalized spacial score (nSPS) is 15.2. The monoisotopic (exact) mass is 630 g/mol. The van der Waals surface area contributed by atoms with E-state index < -0.39 is 23.6 Å². The molecule has 2 aliphatic heterocycles. The average Bonchev–Trinajstić information content (AvgIpc) is 3.48. The molecule has 39 heavy (non-hydrogen) atoms. The summed E-state index contributed by atoms with van der Waals surface area (Å²) in [6.45, 7) is -0.101. The lowest BCUT2D eigenvalue weighted by molar-refractivity contribution is -0.127. The zero-order valence-electron chi connectivity index (χ0n) is 20.4. The van der Waals surface area contributed by atoms with Gasteiger partial charge in [0.15, 0.2) is 23.0 Å². The number of fused-ring (bicyclic) bond motifs is 1. The molecule has 0 spiro atoms. The van der Waals surface area contributed by atoms with Crippen molar-refractivity contribution in [2.24, 2.45) is 0 Å². The maximum Gasteiger partial charge on any atom is 0.294 e. The summed E-state index contributed by atoms with van der Waals surface area (Å²) in [6.07, 6.45) is 1.56. The summed E-state index contributed by atoms with van der Waals surface area (Å²) < 4.78 is 22.6. The maximum atomic E-state index is 13.0. The van der Waals surface area contributed by atoms with Gasteiger partial charge in [-0.3, -0.25) is 19.3 Å². The van der Waals surface area contributed by atoms with Crippen LogP contribution in [0.4, 0.5) is 10.5 Å². The molecule has 3 amide bonds. The third-order valence-corrected chi connectivity index (χ3v) is 7.58. The largest absolute Gasteiger partial charge is 0.493 e. The number of halogens is 2. The first-order valence-corrected chi connectivity index (χ1v) is 13.5. The number of hydrogen-bond donors (Lipinski definition) is 1. The molecule has 200 valence electrons. The highest BCUT2D eigenvalue weighted by Gasteiger charge is 2.36. The zero-order chi connectivity index (χ0) is 27.5. The lowest BCUT2D eigenvalue weighted by Crippen LogP contribution is -2.36. The molecule has 0 atom stereocenters. The smallest absolute Gasteiger partial charge is 0.294 e. The Morgan fingerprint density at radius 1 is 1.15 bits per heavy atom. The highest BCUT2D eigenvalue weighted by molar-refractivity contribution is 9.10. The number of nitrogens with one attached hydrogen (secondary N) is 1. The SMILES string of the molecule is COc1cc(/C=C2/SC(=O)N(CC(=O)Nc3ccc4c(c3)OCO4)C2=O)cc(Br)c1OCc1ccccc1Cl. The number of amides is 3. The van der Waals surface area contributed by atoms with E-state index in [0.29, 0.717) is 43.7 Å². The molecule has 1 saturated heterocycles. The summed E-state index contributed by atoms with van der Waals surface area (Å²) in [7, 11) is 1.50. The van der Waals surface area contributed by atoms with Gasteiger partial charge in [0.25, 0.3) is 11.1 Å². The van der Waals surface area contributed by atoms with Crippen LogP contribution in [0.15, 0.2) is 64.0 Å². The number of benzene rings is 3. The summed E-state index contributed by atoms with van der Waals surface area (Å²) in [5.41, 5.74) is 1.87. The van der Waals surface area contributed by atoms with Gasteiger partial charge in [0, 0.05) is 22.3 Å². The molecular weight excluding hydrogens is 612 g/mol. The second-order valence-electron chi connectivity index (χ2n) is 8.30. The van der Waals surface area contributed by atoms with Crippen molar-refractivity contribution < 1.29 is 33.3 Å². The van der Waals surface area contributed by atoms with Crippen LogP contribution in [0.25, 0.3) is 6.08 Å². The lowest BCUT2D eigenvalue weighted by atomic mass is 10.1. The first-order valence-electron chi connectivity index (χ1n) is 11.5. The first-order chi connectivity index (χ1) is 18.8. The molecule has 0 saturated carbocycles. The fourth-order valence-corrected chi connectivity index (χ4v) is 5.44. The Balaban J connectivity index is 1.27. The van der Waals surface area contributed by atoms with Crippen molar-refractivity contribution in [2.75, 3.05) is 25.8 Å². The van der Waals surface area contributed by atoms with Crippen molar-refractivity contribution in [3.8, 4) is 23.0 Å². The van der Waals surface area contributed by atoms with E-state index >= 15 is 0 Å². The van der Waals surface area contributed by atoms with Crippen molar-refractivity contribution in [2.45, 2.75) is 6.61 Å². The average molecular weight is 632 g/mol. The quantitative estimate of drug-likeness (QED) is 0.298. The van der Waals surface area contributed by atoms with Crippen LogP contribution >= 0.6 is 39.3 Å². The number of carbonyl (C=O) groups is 3. The van der Waals surface area contributed by atoms with Crippen LogP contribution in [0, 0.1) is 0 Å². The van der Waals surface area contributed by atoms with Gasteiger partial charge >= 0.3 is 0 Å². The van der Waals surface area contributed by atoms with Crippen molar-refractivity contribution in [3.05, 3.63) is 80.1 Å². The number of carbonyl (C=O) groups excluding carboxylic acids is 3. The minimum Gasteiger partial charge on any atom is -0.493 e. The van der Waals surface area contributed by atoms with Gasteiger partial charge in [0.1, 0.15) is 13.2 Å². The third-order valence-electron chi connectivity index (χ3n) is 5.71. The van der Waals surface area contributed by atoms with E-state index in [0.717, 1.165) is 22.2 Å². The predicted molar refractivity (Wildman–Crippen MR) is 150 cm³/mol. The number of rotatable bonds is 8. The molecule has 9 nitrogen and oxygen atoms in total. The van der Waals surface area contributed by atoms with Gasteiger partial charge in [0.2, 0.25) is 12.7 Å². The van der Waals surface area contributed by atoms with Gasteiger partial charge in [-0.05, 0) is 69.7 Å². The number of nitrogens with zero attached hydrogens (tertiary/aromatic N) is 1. The van der Waals surface area contributed by atoms with Crippen molar-refractivity contribution in [1.82, 2.24) is 4.90 Å². The van der Waals surface area contributed by atoms with Crippen LogP contribution in [-0.2, 0) is 16.2 Å². The molecule has 5 rings (SSSR count). The summed E-state index contributed by atoms with van der Waals surface area (Å²) >= 11 is 10.5. The van der Waals surface area contributed by atoms with Crippen molar-refractivity contribution in [1.29, 1.82) is 0 Å². The number of anilines is 1. The second-order valence-corrected chi connectivity index (χ2v) is 10.6. The number of ether oxygens (including phenoxy) is 4. The molecule has 3 aromatic carbocycles.